The van der Waals surface area contributed by atoms with E-state index in [1.54, 1.807) is 12.1 Å². The number of nitrogens with zero attached hydrogens (tertiary/aromatic N) is 4. The molecular weight excluding hydrogens is 471 g/mol. The van der Waals surface area contributed by atoms with Crippen LogP contribution in [0.1, 0.15) is 79.1 Å². The van der Waals surface area contributed by atoms with Crippen LogP contribution < -0.4 is 4.90 Å². The lowest BCUT2D eigenvalue weighted by atomic mass is 9.88. The summed E-state index contributed by atoms with van der Waals surface area (Å²) >= 11 is 1.91. The predicted octanol–water partition coefficient (Wildman–Crippen LogP) is 6.04. The van der Waals surface area contributed by atoms with Crippen molar-refractivity contribution in [2.24, 2.45) is 0 Å². The number of hydrogen-bond acceptors (Lipinski definition) is 5. The first kappa shape index (κ1) is 23.8. The maximum Gasteiger partial charge on any atom is 0.227 e. The smallest absolute Gasteiger partial charge is 0.227 e. The summed E-state index contributed by atoms with van der Waals surface area (Å²) in [6, 6.07) is 6.26. The average molecular weight is 507 g/mol. The zero-order chi connectivity index (χ0) is 24.5. The number of thiophene rings is 1. The van der Waals surface area contributed by atoms with Crippen LogP contribution in [0.3, 0.4) is 0 Å². The van der Waals surface area contributed by atoms with E-state index in [1.165, 1.54) is 90.6 Å². The van der Waals surface area contributed by atoms with Gasteiger partial charge in [-0.3, -0.25) is 4.79 Å². The first-order chi connectivity index (χ1) is 17.7. The molecule has 2 aliphatic carbocycles. The number of anilines is 1. The number of amides is 1. The number of benzene rings is 1. The van der Waals surface area contributed by atoms with E-state index in [0.29, 0.717) is 25.4 Å². The van der Waals surface area contributed by atoms with Crippen molar-refractivity contribution >= 4 is 33.3 Å². The second-order valence-corrected chi connectivity index (χ2v) is 11.7. The Kier molecular flexibility index (Phi) is 6.92. The summed E-state index contributed by atoms with van der Waals surface area (Å²) < 4.78 is 13.2. The second-order valence-electron chi connectivity index (χ2n) is 10.7. The fourth-order valence-corrected chi connectivity index (χ4v) is 7.42. The Labute approximate surface area is 216 Å². The number of rotatable bonds is 4. The molecule has 2 aromatic heterocycles. The SMILES string of the molecule is O=C(Cc1ccc(F)cc1)N1CCN(c2nc(C3CCCCC3)nc3sc4c(c23)CCCCC4)CC1. The first-order valence-corrected chi connectivity index (χ1v) is 14.6. The molecule has 6 rings (SSSR count). The molecular formula is C29H35FN4OS. The maximum atomic E-state index is 13.2. The van der Waals surface area contributed by atoms with Gasteiger partial charge < -0.3 is 9.80 Å². The number of hydrogen-bond donors (Lipinski definition) is 0. The molecule has 0 atom stereocenters. The third kappa shape index (κ3) is 4.86. The van der Waals surface area contributed by atoms with Gasteiger partial charge in [0.1, 0.15) is 22.3 Å². The van der Waals surface area contributed by atoms with Crippen LogP contribution in [0.2, 0.25) is 0 Å². The van der Waals surface area contributed by atoms with Gasteiger partial charge in [0.25, 0.3) is 0 Å². The number of carbonyl (C=O) groups is 1. The molecule has 0 radical (unpaired) electrons. The topological polar surface area (TPSA) is 49.3 Å². The Hall–Kier alpha value is -2.54. The third-order valence-electron chi connectivity index (χ3n) is 8.23. The molecule has 7 heteroatoms. The fourth-order valence-electron chi connectivity index (χ4n) is 6.16. The molecule has 3 heterocycles. The van der Waals surface area contributed by atoms with E-state index >= 15 is 0 Å². The van der Waals surface area contributed by atoms with Crippen LogP contribution in [0.5, 0.6) is 0 Å². The van der Waals surface area contributed by atoms with Crippen molar-refractivity contribution in [1.82, 2.24) is 14.9 Å². The van der Waals surface area contributed by atoms with Crippen LogP contribution >= 0.6 is 11.3 Å². The van der Waals surface area contributed by atoms with Crippen LogP contribution in [-0.2, 0) is 24.1 Å². The highest BCUT2D eigenvalue weighted by Crippen LogP contribution is 2.41. The number of aryl methyl sites for hydroxylation is 2. The summed E-state index contributed by atoms with van der Waals surface area (Å²) in [5.41, 5.74) is 2.35. The lowest BCUT2D eigenvalue weighted by Gasteiger charge is -2.36. The molecule has 0 bridgehead atoms. The fraction of sp³-hybridized carbons (Fsp3) is 0.552. The minimum Gasteiger partial charge on any atom is -0.352 e. The van der Waals surface area contributed by atoms with Crippen LogP contribution in [-0.4, -0.2) is 47.0 Å². The van der Waals surface area contributed by atoms with Crippen LogP contribution in [0.4, 0.5) is 10.2 Å². The molecule has 2 fully saturated rings. The molecule has 1 amide bonds. The van der Waals surface area contributed by atoms with Crippen LogP contribution in [0.25, 0.3) is 10.2 Å². The molecule has 3 aliphatic rings. The van der Waals surface area contributed by atoms with Gasteiger partial charge >= 0.3 is 0 Å². The lowest BCUT2D eigenvalue weighted by Crippen LogP contribution is -2.49. The number of carbonyl (C=O) groups excluding carboxylic acids is 1. The van der Waals surface area contributed by atoms with Crippen molar-refractivity contribution in [1.29, 1.82) is 0 Å². The van der Waals surface area contributed by atoms with E-state index < -0.39 is 0 Å². The van der Waals surface area contributed by atoms with E-state index in [0.717, 1.165) is 36.7 Å². The molecule has 5 nitrogen and oxygen atoms in total. The minimum atomic E-state index is -0.269. The summed E-state index contributed by atoms with van der Waals surface area (Å²) in [6.07, 6.45) is 12.7. The van der Waals surface area contributed by atoms with Crippen molar-refractivity contribution in [2.75, 3.05) is 31.1 Å². The first-order valence-electron chi connectivity index (χ1n) is 13.7. The maximum absolute atomic E-state index is 13.2. The minimum absolute atomic E-state index is 0.112. The molecule has 190 valence electrons. The molecule has 36 heavy (non-hydrogen) atoms. The average Bonchev–Trinajstić information content (AvgIpc) is 3.10. The molecule has 0 unspecified atom stereocenters. The Morgan fingerprint density at radius 1 is 0.917 bits per heavy atom. The standard InChI is InChI=1S/C29H35FN4OS/c30-22-13-11-20(12-14-22)19-25(35)33-15-17-34(18-16-33)28-26-23-9-5-2-6-10-24(23)36-29(26)32-27(31-28)21-7-3-1-4-8-21/h11-14,21H,1-10,15-19H2. The Bertz CT molecular complexity index is 1230. The quantitative estimate of drug-likeness (QED) is 0.405. The van der Waals surface area contributed by atoms with Crippen molar-refractivity contribution < 1.29 is 9.18 Å². The monoisotopic (exact) mass is 506 g/mol. The highest BCUT2D eigenvalue weighted by Gasteiger charge is 2.29. The summed E-state index contributed by atoms with van der Waals surface area (Å²) in [7, 11) is 0. The number of halogens is 1. The third-order valence-corrected chi connectivity index (χ3v) is 9.42. The van der Waals surface area contributed by atoms with Crippen LogP contribution in [0.15, 0.2) is 24.3 Å². The van der Waals surface area contributed by atoms with Crippen LogP contribution in [0, 0.1) is 5.82 Å². The Balaban J connectivity index is 1.26. The largest absolute Gasteiger partial charge is 0.352 e. The van der Waals surface area contributed by atoms with Gasteiger partial charge in [-0.25, -0.2) is 14.4 Å². The summed E-state index contributed by atoms with van der Waals surface area (Å²) in [5, 5.41) is 1.29. The van der Waals surface area contributed by atoms with Crippen molar-refractivity contribution in [3.8, 4) is 0 Å². The highest BCUT2D eigenvalue weighted by molar-refractivity contribution is 7.19. The van der Waals surface area contributed by atoms with E-state index in [-0.39, 0.29) is 11.7 Å². The zero-order valence-corrected chi connectivity index (χ0v) is 21.8. The number of aromatic nitrogens is 2. The van der Waals surface area contributed by atoms with E-state index in [1.807, 2.05) is 16.2 Å². The van der Waals surface area contributed by atoms with Gasteiger partial charge in [-0.1, -0.05) is 37.8 Å². The number of piperazine rings is 1. The van der Waals surface area contributed by atoms with Gasteiger partial charge in [-0.05, 0) is 61.8 Å². The van der Waals surface area contributed by atoms with Gasteiger partial charge in [0, 0.05) is 37.0 Å². The predicted molar refractivity (Wildman–Crippen MR) is 143 cm³/mol. The second kappa shape index (κ2) is 10.4. The van der Waals surface area contributed by atoms with Gasteiger partial charge in [-0.2, -0.15) is 0 Å². The van der Waals surface area contributed by atoms with Gasteiger partial charge in [-0.15, -0.1) is 11.3 Å². The van der Waals surface area contributed by atoms with Crippen molar-refractivity contribution in [3.63, 3.8) is 0 Å². The molecule has 1 aliphatic heterocycles. The van der Waals surface area contributed by atoms with Crippen molar-refractivity contribution in [2.45, 2.75) is 76.5 Å². The summed E-state index contributed by atoms with van der Waals surface area (Å²) in [6.45, 7) is 2.96. The molecule has 3 aromatic rings. The van der Waals surface area contributed by atoms with Crippen molar-refractivity contribution in [3.05, 3.63) is 51.9 Å². The Morgan fingerprint density at radius 2 is 1.64 bits per heavy atom. The highest BCUT2D eigenvalue weighted by atomic mass is 32.1. The summed E-state index contributed by atoms with van der Waals surface area (Å²) in [4.78, 5) is 30.5. The molecule has 0 spiro atoms. The van der Waals surface area contributed by atoms with Gasteiger partial charge in [0.05, 0.1) is 11.8 Å². The number of fused-ring (bicyclic) bond motifs is 3. The molecule has 1 saturated heterocycles. The zero-order valence-electron chi connectivity index (χ0n) is 21.0. The van der Waals surface area contributed by atoms with Gasteiger partial charge in [0.2, 0.25) is 5.91 Å². The normalized spacial score (nSPS) is 19.4. The Morgan fingerprint density at radius 3 is 2.42 bits per heavy atom. The molecule has 0 N–H and O–H groups in total. The van der Waals surface area contributed by atoms with E-state index in [2.05, 4.69) is 4.90 Å². The lowest BCUT2D eigenvalue weighted by molar-refractivity contribution is -0.130. The summed E-state index contributed by atoms with van der Waals surface area (Å²) in [5.74, 6) is 2.48. The van der Waals surface area contributed by atoms with E-state index in [9.17, 15) is 9.18 Å². The van der Waals surface area contributed by atoms with Gasteiger partial charge in [0.15, 0.2) is 0 Å². The molecule has 1 saturated carbocycles. The molecule has 1 aromatic carbocycles. The van der Waals surface area contributed by atoms with E-state index in [4.69, 9.17) is 9.97 Å².